The summed E-state index contributed by atoms with van der Waals surface area (Å²) in [5, 5.41) is 9.30. The van der Waals surface area contributed by atoms with Gasteiger partial charge in [-0.1, -0.05) is 34.1 Å². The van der Waals surface area contributed by atoms with Crippen LogP contribution in [-0.4, -0.2) is 9.97 Å². The van der Waals surface area contributed by atoms with Gasteiger partial charge < -0.3 is 4.98 Å². The second kappa shape index (κ2) is 5.51. The Morgan fingerprint density at radius 2 is 2.10 bits per heavy atom. The number of halogens is 2. The molecule has 2 aromatic carbocycles. The van der Waals surface area contributed by atoms with Crippen LogP contribution in [0.1, 0.15) is 11.4 Å². The normalized spacial score (nSPS) is 11.6. The van der Waals surface area contributed by atoms with Crippen LogP contribution in [0.4, 0.5) is 4.39 Å². The van der Waals surface area contributed by atoms with Crippen LogP contribution in [0.25, 0.3) is 22.7 Å². The van der Waals surface area contributed by atoms with Gasteiger partial charge in [-0.3, -0.25) is 0 Å². The summed E-state index contributed by atoms with van der Waals surface area (Å²) < 4.78 is 14.5. The molecule has 0 radical (unpaired) electrons. The van der Waals surface area contributed by atoms with Crippen molar-refractivity contribution in [3.63, 3.8) is 0 Å². The van der Waals surface area contributed by atoms with Gasteiger partial charge in [0.05, 0.1) is 16.6 Å². The van der Waals surface area contributed by atoms with Crippen molar-refractivity contribution in [2.75, 3.05) is 0 Å². The average Bonchev–Trinajstić information content (AvgIpc) is 2.90. The van der Waals surface area contributed by atoms with E-state index in [9.17, 15) is 9.65 Å². The molecule has 0 amide bonds. The molecule has 0 aliphatic carbocycles. The van der Waals surface area contributed by atoms with E-state index in [4.69, 9.17) is 0 Å². The third kappa shape index (κ3) is 2.71. The van der Waals surface area contributed by atoms with Gasteiger partial charge in [0.2, 0.25) is 0 Å². The molecule has 0 saturated heterocycles. The molecule has 0 atom stereocenters. The molecule has 0 fully saturated rings. The number of H-pyrrole nitrogens is 1. The van der Waals surface area contributed by atoms with Crippen molar-refractivity contribution in [3.05, 3.63) is 64.1 Å². The topological polar surface area (TPSA) is 52.5 Å². The number of rotatable bonds is 2. The maximum Gasteiger partial charge on any atom is 0.149 e. The number of nitrogens with zero attached hydrogens (tertiary/aromatic N) is 2. The Hall–Kier alpha value is -2.45. The summed E-state index contributed by atoms with van der Waals surface area (Å²) in [6.07, 6.45) is 1.49. The minimum Gasteiger partial charge on any atom is -0.337 e. The molecule has 3 nitrogen and oxygen atoms in total. The first-order valence-electron chi connectivity index (χ1n) is 6.19. The SMILES string of the molecule is N#CC(=Cc1ccc(Br)cc1F)c1nc2ccccc2[nH]1. The number of aromatic nitrogens is 2. The summed E-state index contributed by atoms with van der Waals surface area (Å²) in [4.78, 5) is 7.41. The molecule has 3 rings (SSSR count). The maximum absolute atomic E-state index is 13.9. The van der Waals surface area contributed by atoms with Gasteiger partial charge in [0.15, 0.2) is 0 Å². The monoisotopic (exact) mass is 341 g/mol. The highest BCUT2D eigenvalue weighted by Gasteiger charge is 2.09. The smallest absolute Gasteiger partial charge is 0.149 e. The van der Waals surface area contributed by atoms with Crippen molar-refractivity contribution in [1.29, 1.82) is 5.26 Å². The molecule has 0 bridgehead atoms. The van der Waals surface area contributed by atoms with Crippen LogP contribution in [0.2, 0.25) is 0 Å². The van der Waals surface area contributed by atoms with Crippen molar-refractivity contribution in [3.8, 4) is 6.07 Å². The number of aromatic amines is 1. The van der Waals surface area contributed by atoms with Gasteiger partial charge in [-0.2, -0.15) is 5.26 Å². The van der Waals surface area contributed by atoms with E-state index in [0.717, 1.165) is 11.0 Å². The summed E-state index contributed by atoms with van der Waals surface area (Å²) in [5.74, 6) is 0.0363. The van der Waals surface area contributed by atoms with E-state index in [1.54, 1.807) is 12.1 Å². The van der Waals surface area contributed by atoms with Crippen LogP contribution in [0.3, 0.4) is 0 Å². The van der Waals surface area contributed by atoms with Gasteiger partial charge in [-0.15, -0.1) is 0 Å². The van der Waals surface area contributed by atoms with Crippen LogP contribution in [0, 0.1) is 17.1 Å². The number of imidazole rings is 1. The fourth-order valence-corrected chi connectivity index (χ4v) is 2.34. The zero-order valence-corrected chi connectivity index (χ0v) is 12.4. The van der Waals surface area contributed by atoms with Gasteiger partial charge in [-0.05, 0) is 30.3 Å². The van der Waals surface area contributed by atoms with E-state index in [1.165, 1.54) is 12.1 Å². The number of fused-ring (bicyclic) bond motifs is 1. The lowest BCUT2D eigenvalue weighted by atomic mass is 10.1. The van der Waals surface area contributed by atoms with Crippen molar-refractivity contribution in [2.24, 2.45) is 0 Å². The first kappa shape index (κ1) is 13.5. The van der Waals surface area contributed by atoms with Crippen LogP contribution in [0.5, 0.6) is 0 Å². The highest BCUT2D eigenvalue weighted by Crippen LogP contribution is 2.22. The molecule has 102 valence electrons. The molecule has 5 heteroatoms. The van der Waals surface area contributed by atoms with Gasteiger partial charge in [-0.25, -0.2) is 9.37 Å². The molecule has 0 aliphatic rings. The number of nitrogens with one attached hydrogen (secondary N) is 1. The van der Waals surface area contributed by atoms with E-state index in [1.807, 2.05) is 24.3 Å². The molecule has 0 aliphatic heterocycles. The molecule has 0 saturated carbocycles. The molecule has 1 N–H and O–H groups in total. The van der Waals surface area contributed by atoms with Gasteiger partial charge in [0, 0.05) is 10.0 Å². The summed E-state index contributed by atoms with van der Waals surface area (Å²) >= 11 is 3.20. The van der Waals surface area contributed by atoms with Crippen LogP contribution >= 0.6 is 15.9 Å². The van der Waals surface area contributed by atoms with Gasteiger partial charge in [0.25, 0.3) is 0 Å². The van der Waals surface area contributed by atoms with Gasteiger partial charge in [0.1, 0.15) is 17.7 Å². The Balaban J connectivity index is 2.09. The maximum atomic E-state index is 13.9. The number of benzene rings is 2. The van der Waals surface area contributed by atoms with E-state index in [-0.39, 0.29) is 5.57 Å². The lowest BCUT2D eigenvalue weighted by molar-refractivity contribution is 0.624. The zero-order valence-electron chi connectivity index (χ0n) is 10.8. The molecule has 0 unspecified atom stereocenters. The van der Waals surface area contributed by atoms with E-state index in [2.05, 4.69) is 32.0 Å². The van der Waals surface area contributed by atoms with Crippen molar-refractivity contribution in [2.45, 2.75) is 0 Å². The summed E-state index contributed by atoms with van der Waals surface area (Å²) in [7, 11) is 0. The first-order valence-corrected chi connectivity index (χ1v) is 6.98. The van der Waals surface area contributed by atoms with Crippen LogP contribution in [0.15, 0.2) is 46.9 Å². The number of para-hydroxylation sites is 2. The zero-order chi connectivity index (χ0) is 14.8. The first-order chi connectivity index (χ1) is 10.2. The molecule has 3 aromatic rings. The van der Waals surface area contributed by atoms with Gasteiger partial charge >= 0.3 is 0 Å². The Bertz CT molecular complexity index is 857. The molecule has 21 heavy (non-hydrogen) atoms. The minimum atomic E-state index is -0.395. The van der Waals surface area contributed by atoms with E-state index in [0.29, 0.717) is 15.9 Å². The molecule has 1 heterocycles. The predicted molar refractivity (Wildman–Crippen MR) is 83.7 cm³/mol. The molecule has 1 aromatic heterocycles. The van der Waals surface area contributed by atoms with Crippen molar-refractivity contribution in [1.82, 2.24) is 9.97 Å². The van der Waals surface area contributed by atoms with Crippen molar-refractivity contribution >= 4 is 38.6 Å². The Morgan fingerprint density at radius 3 is 2.81 bits per heavy atom. The fourth-order valence-electron chi connectivity index (χ4n) is 2.01. The van der Waals surface area contributed by atoms with E-state index >= 15 is 0 Å². The van der Waals surface area contributed by atoms with Crippen molar-refractivity contribution < 1.29 is 4.39 Å². The quantitative estimate of drug-likeness (QED) is 0.696. The number of hydrogen-bond acceptors (Lipinski definition) is 2. The van der Waals surface area contributed by atoms with Crippen LogP contribution < -0.4 is 0 Å². The molecule has 0 spiro atoms. The number of hydrogen-bond donors (Lipinski definition) is 1. The van der Waals surface area contributed by atoms with Crippen LogP contribution in [-0.2, 0) is 0 Å². The number of allylic oxidation sites excluding steroid dienone is 1. The number of nitriles is 1. The summed E-state index contributed by atoms with van der Waals surface area (Å²) in [6.45, 7) is 0. The lowest BCUT2D eigenvalue weighted by Crippen LogP contribution is -1.87. The lowest BCUT2D eigenvalue weighted by Gasteiger charge is -1.99. The highest BCUT2D eigenvalue weighted by atomic mass is 79.9. The third-order valence-electron chi connectivity index (χ3n) is 3.03. The Kier molecular flexibility index (Phi) is 3.55. The Morgan fingerprint density at radius 1 is 1.29 bits per heavy atom. The standard InChI is InChI=1S/C16H9BrFN3/c17-12-6-5-10(13(18)8-12)7-11(9-19)16-20-14-3-1-2-4-15(14)21-16/h1-8H,(H,20,21). The summed E-state index contributed by atoms with van der Waals surface area (Å²) in [5.41, 5.74) is 2.23. The molecular weight excluding hydrogens is 333 g/mol. The second-order valence-corrected chi connectivity index (χ2v) is 5.35. The highest BCUT2D eigenvalue weighted by molar-refractivity contribution is 9.10. The third-order valence-corrected chi connectivity index (χ3v) is 3.52. The average molecular weight is 342 g/mol. The summed E-state index contributed by atoms with van der Waals surface area (Å²) in [6, 6.07) is 14.2. The fraction of sp³-hybridized carbons (Fsp3) is 0. The van der Waals surface area contributed by atoms with E-state index < -0.39 is 5.82 Å². The largest absolute Gasteiger partial charge is 0.337 e. The Labute approximate surface area is 128 Å². The predicted octanol–water partition coefficient (Wildman–Crippen LogP) is 4.53. The molecular formula is C16H9BrFN3. The second-order valence-electron chi connectivity index (χ2n) is 4.44. The minimum absolute atomic E-state index is 0.285.